The van der Waals surface area contributed by atoms with Crippen LogP contribution in [0.3, 0.4) is 0 Å². The Hall–Kier alpha value is -2.38. The summed E-state index contributed by atoms with van der Waals surface area (Å²) in [6.07, 6.45) is 0.514. The number of carbonyl (C=O) groups is 1. The van der Waals surface area contributed by atoms with E-state index in [1.165, 1.54) is 10.6 Å². The number of sulfone groups is 1. The monoisotopic (exact) mass is 414 g/mol. The highest BCUT2D eigenvalue weighted by atomic mass is 32.2. The smallest absolute Gasteiger partial charge is 0.282 e. The molecule has 0 radical (unpaired) electrons. The minimum absolute atomic E-state index is 0.0152. The van der Waals surface area contributed by atoms with Gasteiger partial charge < -0.3 is 14.7 Å². The van der Waals surface area contributed by atoms with Crippen LogP contribution in [0.5, 0.6) is 0 Å². The molecule has 2 aromatic rings. The van der Waals surface area contributed by atoms with Crippen molar-refractivity contribution >= 4 is 27.1 Å². The largest absolute Gasteiger partial charge is 0.360 e. The van der Waals surface area contributed by atoms with E-state index in [-0.39, 0.29) is 23.5 Å². The maximum absolute atomic E-state index is 13.3. The summed E-state index contributed by atoms with van der Waals surface area (Å²) in [4.78, 5) is 18.6. The van der Waals surface area contributed by atoms with Crippen molar-refractivity contribution in [2.24, 2.45) is 0 Å². The molecule has 2 heterocycles. The number of rotatable bonds is 5. The molecule has 1 N–H and O–H groups in total. The fraction of sp³-hybridized carbons (Fsp3) is 0.409. The number of hydrogen-bond acceptors (Lipinski definition) is 4. The number of nitrogens with zero attached hydrogens (tertiary/aromatic N) is 2. The Bertz CT molecular complexity index is 926. The first kappa shape index (κ1) is 19.9. The highest BCUT2D eigenvalue weighted by Gasteiger charge is 2.37. The summed E-state index contributed by atoms with van der Waals surface area (Å²) in [7, 11) is -3.06. The molecule has 2 fully saturated rings. The van der Waals surface area contributed by atoms with Gasteiger partial charge in [0, 0.05) is 11.4 Å². The summed E-state index contributed by atoms with van der Waals surface area (Å²) in [5, 5.41) is 0. The highest BCUT2D eigenvalue weighted by molar-refractivity contribution is 7.91. The zero-order chi connectivity index (χ0) is 20.3. The van der Waals surface area contributed by atoms with Gasteiger partial charge in [0.2, 0.25) is 0 Å². The van der Waals surface area contributed by atoms with Crippen molar-refractivity contribution in [2.75, 3.05) is 54.0 Å². The number of anilines is 2. The van der Waals surface area contributed by atoms with E-state index in [0.717, 1.165) is 31.9 Å². The second-order valence-corrected chi connectivity index (χ2v) is 10.1. The Kier molecular flexibility index (Phi) is 5.87. The average molecular weight is 415 g/mol. The highest BCUT2D eigenvalue weighted by Crippen LogP contribution is 2.24. The maximum atomic E-state index is 13.3. The Morgan fingerprint density at radius 1 is 1.00 bits per heavy atom. The van der Waals surface area contributed by atoms with Crippen LogP contribution < -0.4 is 14.7 Å². The summed E-state index contributed by atoms with van der Waals surface area (Å²) >= 11 is 0. The van der Waals surface area contributed by atoms with Crippen LogP contribution in [0.2, 0.25) is 0 Å². The lowest BCUT2D eigenvalue weighted by Gasteiger charge is -2.35. The summed E-state index contributed by atoms with van der Waals surface area (Å²) < 4.78 is 24.0. The van der Waals surface area contributed by atoms with Gasteiger partial charge in [0.25, 0.3) is 5.91 Å². The van der Waals surface area contributed by atoms with Gasteiger partial charge >= 0.3 is 0 Å². The molecule has 0 aromatic heterocycles. The Morgan fingerprint density at radius 2 is 1.62 bits per heavy atom. The number of para-hydroxylation sites is 2. The number of amides is 1. The standard InChI is InChI=1S/C22H27N3O3S/c26-22(17-23-12-14-24(15-13-23)19-7-3-1-4-8-19)25(20-9-5-2-6-10-20)21-11-16-29(27,28)18-21/h1-10,21H,11-18H2/p+1/t21-/m1/s1. The van der Waals surface area contributed by atoms with Crippen LogP contribution >= 0.6 is 0 Å². The van der Waals surface area contributed by atoms with Gasteiger partial charge in [0.1, 0.15) is 0 Å². The minimum atomic E-state index is -3.06. The van der Waals surface area contributed by atoms with Crippen LogP contribution in [0.25, 0.3) is 0 Å². The first-order valence-electron chi connectivity index (χ1n) is 10.2. The van der Waals surface area contributed by atoms with E-state index in [9.17, 15) is 13.2 Å². The molecule has 1 atom stereocenters. The third kappa shape index (κ3) is 4.79. The van der Waals surface area contributed by atoms with Crippen molar-refractivity contribution in [1.82, 2.24) is 0 Å². The molecule has 2 aromatic carbocycles. The molecule has 0 aliphatic carbocycles. The van der Waals surface area contributed by atoms with Crippen LogP contribution in [-0.4, -0.2) is 64.6 Å². The number of benzene rings is 2. The van der Waals surface area contributed by atoms with Gasteiger partial charge in [-0.3, -0.25) is 4.79 Å². The summed E-state index contributed by atoms with van der Waals surface area (Å²) in [6, 6.07) is 19.6. The van der Waals surface area contributed by atoms with E-state index >= 15 is 0 Å². The molecule has 7 heteroatoms. The molecule has 0 bridgehead atoms. The summed E-state index contributed by atoms with van der Waals surface area (Å²) in [5.74, 6) is 0.239. The number of carbonyl (C=O) groups excluding carboxylic acids is 1. The van der Waals surface area contributed by atoms with Crippen molar-refractivity contribution in [1.29, 1.82) is 0 Å². The Labute approximate surface area is 172 Å². The molecule has 6 nitrogen and oxygen atoms in total. The Morgan fingerprint density at radius 3 is 2.21 bits per heavy atom. The SMILES string of the molecule is O=C(C[NH+]1CCN(c2ccccc2)CC1)N(c1ccccc1)[C@@H]1CCS(=O)(=O)C1. The van der Waals surface area contributed by atoms with E-state index in [2.05, 4.69) is 17.0 Å². The summed E-state index contributed by atoms with van der Waals surface area (Å²) in [5.41, 5.74) is 2.02. The van der Waals surface area contributed by atoms with Gasteiger partial charge in [-0.25, -0.2) is 8.42 Å². The molecule has 1 amide bonds. The van der Waals surface area contributed by atoms with Crippen LogP contribution in [0, 0.1) is 0 Å². The van der Waals surface area contributed by atoms with E-state index in [1.54, 1.807) is 4.90 Å². The average Bonchev–Trinajstić information content (AvgIpc) is 3.09. The van der Waals surface area contributed by atoms with Gasteiger partial charge in [-0.15, -0.1) is 0 Å². The third-order valence-corrected chi connectivity index (χ3v) is 7.62. The van der Waals surface area contributed by atoms with E-state index in [0.29, 0.717) is 13.0 Å². The molecule has 0 spiro atoms. The van der Waals surface area contributed by atoms with Gasteiger partial charge in [0.15, 0.2) is 16.4 Å². The van der Waals surface area contributed by atoms with Crippen molar-refractivity contribution in [3.8, 4) is 0 Å². The zero-order valence-corrected chi connectivity index (χ0v) is 17.4. The fourth-order valence-electron chi connectivity index (χ4n) is 4.32. The topological polar surface area (TPSA) is 62.1 Å². The number of quaternary nitrogens is 1. The normalized spacial score (nSPS) is 21.8. The lowest BCUT2D eigenvalue weighted by atomic mass is 10.1. The third-order valence-electron chi connectivity index (χ3n) is 5.87. The molecule has 0 unspecified atom stereocenters. The molecular formula is C22H28N3O3S+. The lowest BCUT2D eigenvalue weighted by Crippen LogP contribution is -3.16. The molecule has 29 heavy (non-hydrogen) atoms. The Balaban J connectivity index is 1.42. The van der Waals surface area contributed by atoms with Crippen LogP contribution in [0.15, 0.2) is 60.7 Å². The van der Waals surface area contributed by atoms with Crippen molar-refractivity contribution in [3.63, 3.8) is 0 Å². The number of hydrogen-bond donors (Lipinski definition) is 1. The van der Waals surface area contributed by atoms with Crippen molar-refractivity contribution in [3.05, 3.63) is 60.7 Å². The zero-order valence-electron chi connectivity index (χ0n) is 16.5. The lowest BCUT2D eigenvalue weighted by molar-refractivity contribution is -0.892. The molecule has 2 saturated heterocycles. The summed E-state index contributed by atoms with van der Waals surface area (Å²) in [6.45, 7) is 4.01. The van der Waals surface area contributed by atoms with Crippen molar-refractivity contribution in [2.45, 2.75) is 12.5 Å². The first-order valence-corrected chi connectivity index (χ1v) is 12.0. The second kappa shape index (κ2) is 8.55. The predicted octanol–water partition coefficient (Wildman–Crippen LogP) is 0.612. The fourth-order valence-corrected chi connectivity index (χ4v) is 6.02. The van der Waals surface area contributed by atoms with E-state index in [4.69, 9.17) is 0 Å². The molecule has 0 saturated carbocycles. The quantitative estimate of drug-likeness (QED) is 0.779. The molecule has 2 aliphatic rings. The minimum Gasteiger partial charge on any atom is -0.360 e. The molecule has 4 rings (SSSR count). The maximum Gasteiger partial charge on any atom is 0.282 e. The number of nitrogens with one attached hydrogen (secondary N) is 1. The van der Waals surface area contributed by atoms with Gasteiger partial charge in [-0.2, -0.15) is 0 Å². The van der Waals surface area contributed by atoms with Crippen LogP contribution in [0.4, 0.5) is 11.4 Å². The van der Waals surface area contributed by atoms with Gasteiger partial charge in [-0.1, -0.05) is 36.4 Å². The van der Waals surface area contributed by atoms with Crippen molar-refractivity contribution < 1.29 is 18.1 Å². The van der Waals surface area contributed by atoms with Crippen LogP contribution in [-0.2, 0) is 14.6 Å². The molecular weight excluding hydrogens is 386 g/mol. The predicted molar refractivity (Wildman–Crippen MR) is 115 cm³/mol. The second-order valence-electron chi connectivity index (χ2n) is 7.91. The van der Waals surface area contributed by atoms with Gasteiger partial charge in [0.05, 0.1) is 43.7 Å². The molecule has 2 aliphatic heterocycles. The van der Waals surface area contributed by atoms with E-state index in [1.807, 2.05) is 48.5 Å². The van der Waals surface area contributed by atoms with E-state index < -0.39 is 9.84 Å². The molecule has 154 valence electrons. The number of piperazine rings is 1. The van der Waals surface area contributed by atoms with Crippen LogP contribution in [0.1, 0.15) is 6.42 Å². The van der Waals surface area contributed by atoms with Gasteiger partial charge in [-0.05, 0) is 30.7 Å². The first-order chi connectivity index (χ1) is 14.0.